The predicted octanol–water partition coefficient (Wildman–Crippen LogP) is 3.39. The maximum Gasteiger partial charge on any atom is 0.258 e. The van der Waals surface area contributed by atoms with Crippen molar-refractivity contribution in [2.45, 2.75) is 43.3 Å². The van der Waals surface area contributed by atoms with E-state index in [2.05, 4.69) is 19.7 Å². The molecule has 150 valence electrons. The molecular weight excluding hydrogens is 410 g/mol. The SMILES string of the molecule is Cc1occc1-c1nnc(SCc2cc(=O)n3ccsc3n2)n1CC1CCCO1. The molecule has 0 aliphatic carbocycles. The maximum absolute atomic E-state index is 12.2. The van der Waals surface area contributed by atoms with Crippen molar-refractivity contribution in [2.24, 2.45) is 0 Å². The zero-order valence-corrected chi connectivity index (χ0v) is 17.4. The first-order valence-electron chi connectivity index (χ1n) is 9.37. The average molecular weight is 430 g/mol. The highest BCUT2D eigenvalue weighted by molar-refractivity contribution is 7.98. The molecule has 1 atom stereocenters. The Morgan fingerprint density at radius 1 is 1.38 bits per heavy atom. The van der Waals surface area contributed by atoms with Gasteiger partial charge in [0.2, 0.25) is 0 Å². The number of thiazole rings is 1. The lowest BCUT2D eigenvalue weighted by atomic mass is 10.2. The van der Waals surface area contributed by atoms with Crippen LogP contribution in [-0.2, 0) is 17.0 Å². The number of rotatable bonds is 6. The van der Waals surface area contributed by atoms with Crippen molar-refractivity contribution in [3.63, 3.8) is 0 Å². The van der Waals surface area contributed by atoms with E-state index in [0.717, 1.165) is 47.4 Å². The zero-order chi connectivity index (χ0) is 19.8. The summed E-state index contributed by atoms with van der Waals surface area (Å²) in [7, 11) is 0. The number of hydrogen-bond acceptors (Lipinski definition) is 8. The molecule has 10 heteroatoms. The summed E-state index contributed by atoms with van der Waals surface area (Å²) in [4.78, 5) is 17.5. The average Bonchev–Trinajstić information content (AvgIpc) is 3.48. The van der Waals surface area contributed by atoms with Crippen LogP contribution in [-0.4, -0.2) is 36.9 Å². The Balaban J connectivity index is 1.44. The molecule has 0 spiro atoms. The number of ether oxygens (including phenoxy) is 1. The predicted molar refractivity (Wildman–Crippen MR) is 110 cm³/mol. The topological polar surface area (TPSA) is 87.5 Å². The van der Waals surface area contributed by atoms with Gasteiger partial charge in [-0.25, -0.2) is 4.98 Å². The summed E-state index contributed by atoms with van der Waals surface area (Å²) < 4.78 is 14.9. The minimum atomic E-state index is -0.0672. The summed E-state index contributed by atoms with van der Waals surface area (Å²) in [6, 6.07) is 3.49. The van der Waals surface area contributed by atoms with Gasteiger partial charge in [-0.3, -0.25) is 13.8 Å². The van der Waals surface area contributed by atoms with Crippen molar-refractivity contribution < 1.29 is 9.15 Å². The van der Waals surface area contributed by atoms with Crippen LogP contribution in [0.4, 0.5) is 0 Å². The lowest BCUT2D eigenvalue weighted by Crippen LogP contribution is -2.17. The van der Waals surface area contributed by atoms with Crippen LogP contribution in [0.25, 0.3) is 16.3 Å². The van der Waals surface area contributed by atoms with Crippen molar-refractivity contribution in [3.8, 4) is 11.4 Å². The molecule has 8 nitrogen and oxygen atoms in total. The molecule has 1 aliphatic rings. The van der Waals surface area contributed by atoms with Gasteiger partial charge < -0.3 is 9.15 Å². The van der Waals surface area contributed by atoms with Gasteiger partial charge in [-0.05, 0) is 25.8 Å². The van der Waals surface area contributed by atoms with E-state index in [1.54, 1.807) is 22.9 Å². The summed E-state index contributed by atoms with van der Waals surface area (Å²) in [6.45, 7) is 3.40. The highest BCUT2D eigenvalue weighted by Gasteiger charge is 2.23. The lowest BCUT2D eigenvalue weighted by molar-refractivity contribution is 0.0953. The third kappa shape index (κ3) is 3.63. The standard InChI is InChI=1S/C19H19N5O3S2/c1-12-15(4-7-26-12)17-21-22-19(24(17)10-14-3-2-6-27-14)29-11-13-9-16(25)23-5-8-28-18(23)20-13/h4-5,7-9,14H,2-3,6,10-11H2,1H3. The van der Waals surface area contributed by atoms with E-state index >= 15 is 0 Å². The second kappa shape index (κ2) is 7.77. The molecule has 29 heavy (non-hydrogen) atoms. The number of thioether (sulfide) groups is 1. The van der Waals surface area contributed by atoms with Crippen LogP contribution in [0.5, 0.6) is 0 Å². The van der Waals surface area contributed by atoms with E-state index in [4.69, 9.17) is 9.15 Å². The molecule has 0 radical (unpaired) electrons. The number of nitrogens with zero attached hydrogens (tertiary/aromatic N) is 5. The first kappa shape index (κ1) is 18.6. The van der Waals surface area contributed by atoms with Crippen LogP contribution in [0.15, 0.2) is 44.3 Å². The van der Waals surface area contributed by atoms with Gasteiger partial charge >= 0.3 is 0 Å². The molecule has 5 heterocycles. The number of aryl methyl sites for hydroxylation is 1. The van der Waals surface area contributed by atoms with E-state index in [1.165, 1.54) is 23.1 Å². The van der Waals surface area contributed by atoms with Crippen molar-refractivity contribution >= 4 is 28.1 Å². The molecule has 1 fully saturated rings. The van der Waals surface area contributed by atoms with Crippen LogP contribution in [0, 0.1) is 6.92 Å². The van der Waals surface area contributed by atoms with E-state index < -0.39 is 0 Å². The Hall–Kier alpha value is -2.43. The summed E-state index contributed by atoms with van der Waals surface area (Å²) in [5.41, 5.74) is 1.59. The van der Waals surface area contributed by atoms with Gasteiger partial charge in [0, 0.05) is 30.0 Å². The fraction of sp³-hybridized carbons (Fsp3) is 0.368. The van der Waals surface area contributed by atoms with Crippen LogP contribution in [0.1, 0.15) is 24.3 Å². The van der Waals surface area contributed by atoms with Gasteiger partial charge in [-0.1, -0.05) is 11.8 Å². The lowest BCUT2D eigenvalue weighted by Gasteiger charge is -2.14. The van der Waals surface area contributed by atoms with E-state index in [-0.39, 0.29) is 11.7 Å². The molecule has 4 aromatic rings. The van der Waals surface area contributed by atoms with Crippen LogP contribution in [0.2, 0.25) is 0 Å². The fourth-order valence-electron chi connectivity index (χ4n) is 3.47. The second-order valence-corrected chi connectivity index (χ2v) is 8.69. The first-order chi connectivity index (χ1) is 14.2. The Labute approximate surface area is 174 Å². The molecule has 0 aromatic carbocycles. The quantitative estimate of drug-likeness (QED) is 0.434. The largest absolute Gasteiger partial charge is 0.469 e. The molecule has 1 saturated heterocycles. The summed E-state index contributed by atoms with van der Waals surface area (Å²) in [5, 5.41) is 11.5. The number of furan rings is 1. The highest BCUT2D eigenvalue weighted by atomic mass is 32.2. The van der Waals surface area contributed by atoms with E-state index in [9.17, 15) is 4.79 Å². The molecule has 0 N–H and O–H groups in total. The Bertz CT molecular complexity index is 1200. The van der Waals surface area contributed by atoms with Crippen LogP contribution < -0.4 is 5.56 Å². The van der Waals surface area contributed by atoms with Gasteiger partial charge in [0.05, 0.1) is 30.2 Å². The number of fused-ring (bicyclic) bond motifs is 1. The first-order valence-corrected chi connectivity index (χ1v) is 11.2. The normalized spacial score (nSPS) is 16.8. The monoisotopic (exact) mass is 429 g/mol. The van der Waals surface area contributed by atoms with Crippen LogP contribution >= 0.6 is 23.1 Å². The van der Waals surface area contributed by atoms with Gasteiger partial charge in [0.1, 0.15) is 5.76 Å². The minimum Gasteiger partial charge on any atom is -0.469 e. The Morgan fingerprint density at radius 2 is 2.31 bits per heavy atom. The summed E-state index contributed by atoms with van der Waals surface area (Å²) >= 11 is 2.97. The molecule has 1 unspecified atom stereocenters. The maximum atomic E-state index is 12.2. The third-order valence-corrected chi connectivity index (χ3v) is 6.69. The van der Waals surface area contributed by atoms with Gasteiger partial charge in [0.25, 0.3) is 5.56 Å². The smallest absolute Gasteiger partial charge is 0.258 e. The van der Waals surface area contributed by atoms with E-state index in [1.807, 2.05) is 18.4 Å². The minimum absolute atomic E-state index is 0.0672. The highest BCUT2D eigenvalue weighted by Crippen LogP contribution is 2.30. The second-order valence-electron chi connectivity index (χ2n) is 6.87. The number of aromatic nitrogens is 5. The van der Waals surface area contributed by atoms with E-state index in [0.29, 0.717) is 17.3 Å². The molecule has 5 rings (SSSR count). The Kier molecular flexibility index (Phi) is 4.98. The molecule has 0 amide bonds. The van der Waals surface area contributed by atoms with Crippen molar-refractivity contribution in [1.29, 1.82) is 0 Å². The van der Waals surface area contributed by atoms with Gasteiger partial charge in [0.15, 0.2) is 15.9 Å². The zero-order valence-electron chi connectivity index (χ0n) is 15.8. The van der Waals surface area contributed by atoms with Crippen molar-refractivity contribution in [2.75, 3.05) is 6.61 Å². The fourth-order valence-corrected chi connectivity index (χ4v) is 5.05. The summed E-state index contributed by atoms with van der Waals surface area (Å²) in [5.74, 6) is 2.12. The Morgan fingerprint density at radius 3 is 3.10 bits per heavy atom. The molecule has 0 bridgehead atoms. The van der Waals surface area contributed by atoms with Crippen molar-refractivity contribution in [3.05, 3.63) is 51.8 Å². The molecular formula is C19H19N5O3S2. The molecule has 4 aromatic heterocycles. The summed E-state index contributed by atoms with van der Waals surface area (Å²) in [6.07, 6.45) is 5.66. The van der Waals surface area contributed by atoms with Gasteiger partial charge in [-0.15, -0.1) is 21.5 Å². The molecule has 0 saturated carbocycles. The number of hydrogen-bond donors (Lipinski definition) is 0. The van der Waals surface area contributed by atoms with Crippen LogP contribution in [0.3, 0.4) is 0 Å². The molecule has 1 aliphatic heterocycles. The third-order valence-electron chi connectivity index (χ3n) is 4.93. The van der Waals surface area contributed by atoms with Gasteiger partial charge in [-0.2, -0.15) is 0 Å². The van der Waals surface area contributed by atoms with Crippen molar-refractivity contribution in [1.82, 2.24) is 24.1 Å².